The summed E-state index contributed by atoms with van der Waals surface area (Å²) in [6, 6.07) is 13.5. The summed E-state index contributed by atoms with van der Waals surface area (Å²) in [7, 11) is 4.07. The van der Waals surface area contributed by atoms with Gasteiger partial charge >= 0.3 is 0 Å². The number of benzene rings is 2. The van der Waals surface area contributed by atoms with E-state index in [2.05, 4.69) is 29.4 Å². The molecular formula is C27H38N4O3. The maximum atomic E-state index is 12.6. The fourth-order valence-corrected chi connectivity index (χ4v) is 4.65. The highest BCUT2D eigenvalue weighted by molar-refractivity contribution is 5.98. The van der Waals surface area contributed by atoms with Gasteiger partial charge in [0.25, 0.3) is 5.91 Å². The molecule has 0 aliphatic carbocycles. The molecule has 2 N–H and O–H groups in total. The number of rotatable bonds is 9. The first-order valence-electron chi connectivity index (χ1n) is 12.1. The molecule has 3 rings (SSSR count). The first-order valence-corrected chi connectivity index (χ1v) is 12.1. The van der Waals surface area contributed by atoms with Crippen LogP contribution in [0.25, 0.3) is 10.8 Å². The van der Waals surface area contributed by atoms with Crippen LogP contribution in [0.3, 0.4) is 0 Å². The number of hydrogen-bond donors (Lipinski definition) is 2. The Morgan fingerprint density at radius 3 is 2.35 bits per heavy atom. The molecular weight excluding hydrogens is 428 g/mol. The predicted octanol–water partition coefficient (Wildman–Crippen LogP) is 2.90. The number of carbonyl (C=O) groups excluding carboxylic acids is 3. The molecule has 0 radical (unpaired) electrons. The third kappa shape index (κ3) is 7.29. The first kappa shape index (κ1) is 25.7. The average molecular weight is 467 g/mol. The van der Waals surface area contributed by atoms with E-state index in [1.165, 1.54) is 0 Å². The van der Waals surface area contributed by atoms with E-state index in [0.29, 0.717) is 44.6 Å². The van der Waals surface area contributed by atoms with E-state index < -0.39 is 0 Å². The number of amides is 3. The van der Waals surface area contributed by atoms with E-state index >= 15 is 0 Å². The smallest absolute Gasteiger partial charge is 0.251 e. The number of likely N-dealkylation sites (tertiary alicyclic amines) is 1. The molecule has 184 valence electrons. The van der Waals surface area contributed by atoms with E-state index in [1.807, 2.05) is 55.4 Å². The van der Waals surface area contributed by atoms with Crippen molar-refractivity contribution in [2.75, 3.05) is 46.8 Å². The summed E-state index contributed by atoms with van der Waals surface area (Å²) in [5.74, 6) is -0.121. The number of nitrogens with one attached hydrogen (secondary N) is 2. The minimum atomic E-state index is -0.175. The first-order chi connectivity index (χ1) is 16.1. The van der Waals surface area contributed by atoms with Crippen LogP contribution < -0.4 is 10.6 Å². The third-order valence-corrected chi connectivity index (χ3v) is 6.34. The monoisotopic (exact) mass is 466 g/mol. The molecule has 2 aromatic carbocycles. The Kier molecular flexibility index (Phi) is 8.67. The zero-order valence-electron chi connectivity index (χ0n) is 20.9. The Morgan fingerprint density at radius 1 is 1.00 bits per heavy atom. The van der Waals surface area contributed by atoms with Crippen LogP contribution >= 0.6 is 0 Å². The lowest BCUT2D eigenvalue weighted by molar-refractivity contribution is -0.135. The maximum Gasteiger partial charge on any atom is 0.251 e. The van der Waals surface area contributed by atoms with Crippen LogP contribution in [0.4, 0.5) is 0 Å². The second-order valence-corrected chi connectivity index (χ2v) is 10.3. The fraction of sp³-hybridized carbons (Fsp3) is 0.519. The molecule has 0 unspecified atom stereocenters. The molecule has 2 aromatic rings. The minimum Gasteiger partial charge on any atom is -0.355 e. The zero-order valence-corrected chi connectivity index (χ0v) is 20.9. The summed E-state index contributed by atoms with van der Waals surface area (Å²) in [5.41, 5.74) is 0.597. The Morgan fingerprint density at radius 2 is 1.68 bits per heavy atom. The predicted molar refractivity (Wildman–Crippen MR) is 136 cm³/mol. The van der Waals surface area contributed by atoms with Gasteiger partial charge in [0.15, 0.2) is 0 Å². The van der Waals surface area contributed by atoms with Crippen molar-refractivity contribution in [1.82, 2.24) is 20.4 Å². The minimum absolute atomic E-state index is 0.00705. The molecule has 1 fully saturated rings. The van der Waals surface area contributed by atoms with Gasteiger partial charge in [-0.25, -0.2) is 0 Å². The van der Waals surface area contributed by atoms with E-state index in [4.69, 9.17) is 0 Å². The van der Waals surface area contributed by atoms with Crippen LogP contribution in [0.5, 0.6) is 0 Å². The van der Waals surface area contributed by atoms with Crippen molar-refractivity contribution < 1.29 is 14.4 Å². The summed E-state index contributed by atoms with van der Waals surface area (Å²) in [6.45, 7) is 7.29. The van der Waals surface area contributed by atoms with Gasteiger partial charge in [0.2, 0.25) is 11.8 Å². The molecule has 34 heavy (non-hydrogen) atoms. The van der Waals surface area contributed by atoms with Crippen molar-refractivity contribution in [3.63, 3.8) is 0 Å². The molecule has 0 aromatic heterocycles. The van der Waals surface area contributed by atoms with Crippen molar-refractivity contribution in [2.45, 2.75) is 33.1 Å². The number of fused-ring (bicyclic) bond motifs is 1. The standard InChI is InChI=1S/C27H38N4O3/c1-27(2,19-30(3)4)18-29-25(33)21-12-15-31(16-13-21)24(32)11-14-28-26(34)23-10-9-20-7-5-6-8-22(20)17-23/h5-10,17,21H,11-16,18-19H2,1-4H3,(H,28,34)(H,29,33). The Balaban J connectivity index is 1.38. The van der Waals surface area contributed by atoms with Crippen LogP contribution in [0.1, 0.15) is 43.5 Å². The normalized spacial score (nSPS) is 14.9. The van der Waals surface area contributed by atoms with Gasteiger partial charge in [0.05, 0.1) is 0 Å². The van der Waals surface area contributed by atoms with Gasteiger partial charge in [-0.2, -0.15) is 0 Å². The van der Waals surface area contributed by atoms with Crippen molar-refractivity contribution in [3.8, 4) is 0 Å². The topological polar surface area (TPSA) is 81.8 Å². The van der Waals surface area contributed by atoms with Crippen molar-refractivity contribution >= 4 is 28.5 Å². The largest absolute Gasteiger partial charge is 0.355 e. The van der Waals surface area contributed by atoms with Crippen LogP contribution in [-0.4, -0.2) is 74.3 Å². The van der Waals surface area contributed by atoms with Crippen LogP contribution in [0.15, 0.2) is 42.5 Å². The fourth-order valence-electron chi connectivity index (χ4n) is 4.65. The van der Waals surface area contributed by atoms with Crippen molar-refractivity contribution in [2.24, 2.45) is 11.3 Å². The molecule has 0 saturated carbocycles. The summed E-state index contributed by atoms with van der Waals surface area (Å²) in [4.78, 5) is 41.6. The highest BCUT2D eigenvalue weighted by Gasteiger charge is 2.28. The van der Waals surface area contributed by atoms with Gasteiger partial charge in [0, 0.05) is 50.6 Å². The second kappa shape index (κ2) is 11.5. The average Bonchev–Trinajstić information content (AvgIpc) is 2.81. The lowest BCUT2D eigenvalue weighted by Gasteiger charge is -2.33. The molecule has 1 aliphatic heterocycles. The Hall–Kier alpha value is -2.93. The molecule has 1 heterocycles. The Labute approximate surface area is 202 Å². The number of nitrogens with zero attached hydrogens (tertiary/aromatic N) is 2. The molecule has 1 aliphatic rings. The van der Waals surface area contributed by atoms with Gasteiger partial charge in [0.1, 0.15) is 0 Å². The van der Waals surface area contributed by atoms with Gasteiger partial charge in [-0.05, 0) is 55.3 Å². The van der Waals surface area contributed by atoms with E-state index in [9.17, 15) is 14.4 Å². The molecule has 1 saturated heterocycles. The molecule has 0 bridgehead atoms. The zero-order chi connectivity index (χ0) is 24.7. The summed E-state index contributed by atoms with van der Waals surface area (Å²) < 4.78 is 0. The van der Waals surface area contributed by atoms with E-state index in [0.717, 1.165) is 17.3 Å². The molecule has 0 spiro atoms. The number of piperidine rings is 1. The van der Waals surface area contributed by atoms with Gasteiger partial charge < -0.3 is 20.4 Å². The summed E-state index contributed by atoms with van der Waals surface area (Å²) in [6.07, 6.45) is 1.61. The van der Waals surface area contributed by atoms with Crippen LogP contribution in [-0.2, 0) is 9.59 Å². The van der Waals surface area contributed by atoms with Gasteiger partial charge in [-0.1, -0.05) is 44.2 Å². The molecule has 7 nitrogen and oxygen atoms in total. The lowest BCUT2D eigenvalue weighted by Crippen LogP contribution is -2.46. The van der Waals surface area contributed by atoms with E-state index in [-0.39, 0.29) is 35.5 Å². The Bertz CT molecular complexity index is 1010. The highest BCUT2D eigenvalue weighted by Crippen LogP contribution is 2.20. The van der Waals surface area contributed by atoms with Crippen molar-refractivity contribution in [3.05, 3.63) is 48.0 Å². The molecule has 0 atom stereocenters. The van der Waals surface area contributed by atoms with Gasteiger partial charge in [-0.3, -0.25) is 14.4 Å². The van der Waals surface area contributed by atoms with Crippen molar-refractivity contribution in [1.29, 1.82) is 0 Å². The lowest BCUT2D eigenvalue weighted by atomic mass is 9.91. The van der Waals surface area contributed by atoms with Crippen LogP contribution in [0.2, 0.25) is 0 Å². The quantitative estimate of drug-likeness (QED) is 0.595. The maximum absolute atomic E-state index is 12.6. The second-order valence-electron chi connectivity index (χ2n) is 10.3. The number of carbonyl (C=O) groups is 3. The summed E-state index contributed by atoms with van der Waals surface area (Å²) >= 11 is 0. The van der Waals surface area contributed by atoms with E-state index in [1.54, 1.807) is 6.07 Å². The molecule has 7 heteroatoms. The SMILES string of the molecule is CN(C)CC(C)(C)CNC(=O)C1CCN(C(=O)CCNC(=O)c2ccc3ccccc3c2)CC1. The third-order valence-electron chi connectivity index (χ3n) is 6.34. The van der Waals surface area contributed by atoms with Crippen LogP contribution in [0, 0.1) is 11.3 Å². The molecule has 3 amide bonds. The summed E-state index contributed by atoms with van der Waals surface area (Å²) in [5, 5.41) is 8.05. The van der Waals surface area contributed by atoms with Gasteiger partial charge in [-0.15, -0.1) is 0 Å². The number of hydrogen-bond acceptors (Lipinski definition) is 4. The highest BCUT2D eigenvalue weighted by atomic mass is 16.2.